The van der Waals surface area contributed by atoms with Crippen molar-refractivity contribution in [1.29, 1.82) is 0 Å². The van der Waals surface area contributed by atoms with Crippen molar-refractivity contribution in [3.05, 3.63) is 65.0 Å². The molecule has 1 saturated heterocycles. The number of hydrogen-bond donors (Lipinski definition) is 1. The van der Waals surface area contributed by atoms with E-state index in [4.69, 9.17) is 9.47 Å². The van der Waals surface area contributed by atoms with E-state index in [2.05, 4.69) is 41.5 Å². The monoisotopic (exact) mass is 541 g/mol. The number of nitrogens with one attached hydrogen (secondary N) is 1. The summed E-state index contributed by atoms with van der Waals surface area (Å²) in [6.45, 7) is 4.21. The van der Waals surface area contributed by atoms with Crippen LogP contribution in [0.5, 0.6) is 5.75 Å². The van der Waals surface area contributed by atoms with Gasteiger partial charge in [-0.25, -0.2) is 4.39 Å². The van der Waals surface area contributed by atoms with Crippen LogP contribution in [0.25, 0.3) is 0 Å². The van der Waals surface area contributed by atoms with Crippen LogP contribution in [0.4, 0.5) is 4.39 Å². The molecule has 2 unspecified atom stereocenters. The minimum atomic E-state index is -0.355. The molecule has 0 radical (unpaired) electrons. The van der Waals surface area contributed by atoms with Crippen molar-refractivity contribution >= 4 is 29.9 Å². The molecule has 5 nitrogen and oxygen atoms in total. The fraction of sp³-hybridized carbons (Fsp3) is 0.458. The van der Waals surface area contributed by atoms with Crippen LogP contribution >= 0.6 is 24.0 Å². The summed E-state index contributed by atoms with van der Waals surface area (Å²) >= 11 is 0. The van der Waals surface area contributed by atoms with Crippen LogP contribution in [-0.4, -0.2) is 45.2 Å². The lowest BCUT2D eigenvalue weighted by Crippen LogP contribution is -2.42. The summed E-state index contributed by atoms with van der Waals surface area (Å²) in [4.78, 5) is 6.40. The number of hydrogen-bond acceptors (Lipinski definition) is 3. The Kier molecular flexibility index (Phi) is 10.0. The maximum Gasteiger partial charge on any atom is 0.193 e. The van der Waals surface area contributed by atoms with Crippen molar-refractivity contribution < 1.29 is 13.9 Å². The maximum absolute atomic E-state index is 14.0. The molecule has 1 aliphatic rings. The van der Waals surface area contributed by atoms with E-state index >= 15 is 0 Å². The molecule has 1 N–H and O–H groups in total. The number of halogens is 2. The van der Waals surface area contributed by atoms with Crippen LogP contribution in [0.1, 0.15) is 35.6 Å². The van der Waals surface area contributed by atoms with Crippen LogP contribution < -0.4 is 10.1 Å². The molecule has 0 aromatic heterocycles. The van der Waals surface area contributed by atoms with E-state index in [9.17, 15) is 4.39 Å². The van der Waals surface area contributed by atoms with Crippen molar-refractivity contribution in [2.45, 2.75) is 32.4 Å². The van der Waals surface area contributed by atoms with Gasteiger partial charge in [-0.2, -0.15) is 0 Å². The molecular weight excluding hydrogens is 508 g/mol. The van der Waals surface area contributed by atoms with Gasteiger partial charge in [-0.3, -0.25) is 4.99 Å². The van der Waals surface area contributed by atoms with E-state index in [1.54, 1.807) is 13.1 Å². The average molecular weight is 541 g/mol. The molecule has 2 aromatic rings. The average Bonchev–Trinajstić information content (AvgIpc) is 2.75. The van der Waals surface area contributed by atoms with E-state index < -0.39 is 0 Å². The molecule has 0 spiro atoms. The first-order chi connectivity index (χ1) is 14.5. The molecule has 170 valence electrons. The first kappa shape index (κ1) is 25.4. The highest BCUT2D eigenvalue weighted by Crippen LogP contribution is 2.33. The molecule has 2 atom stereocenters. The lowest BCUT2D eigenvalue weighted by Gasteiger charge is -2.33. The fourth-order valence-electron chi connectivity index (χ4n) is 3.94. The fourth-order valence-corrected chi connectivity index (χ4v) is 3.94. The minimum Gasteiger partial charge on any atom is -0.494 e. The quantitative estimate of drug-likeness (QED) is 0.320. The number of ether oxygens (including phenoxy) is 2. The van der Waals surface area contributed by atoms with Crippen LogP contribution in [0.2, 0.25) is 0 Å². The second-order valence-corrected chi connectivity index (χ2v) is 7.86. The molecule has 3 rings (SSSR count). The largest absolute Gasteiger partial charge is 0.494 e. The SMILES string of the molecule is CN=C(NCC1CCCOC1c1ccc(C)cc1)N(C)Cc1ccc(OC)c(F)c1.I. The van der Waals surface area contributed by atoms with Gasteiger partial charge in [0, 0.05) is 39.7 Å². The first-order valence-electron chi connectivity index (χ1n) is 10.4. The molecule has 2 aromatic carbocycles. The Morgan fingerprint density at radius 1 is 1.26 bits per heavy atom. The summed E-state index contributed by atoms with van der Waals surface area (Å²) < 4.78 is 25.1. The summed E-state index contributed by atoms with van der Waals surface area (Å²) in [5, 5.41) is 3.48. The zero-order valence-electron chi connectivity index (χ0n) is 18.7. The summed E-state index contributed by atoms with van der Waals surface area (Å²) in [7, 11) is 5.18. The Hall–Kier alpha value is -1.87. The van der Waals surface area contributed by atoms with E-state index in [1.807, 2.05) is 18.0 Å². The predicted octanol–water partition coefficient (Wildman–Crippen LogP) is 4.94. The van der Waals surface area contributed by atoms with Crippen LogP contribution in [0.15, 0.2) is 47.5 Å². The van der Waals surface area contributed by atoms with Gasteiger partial charge in [0.1, 0.15) is 0 Å². The van der Waals surface area contributed by atoms with Crippen molar-refractivity contribution in [3.63, 3.8) is 0 Å². The molecular formula is C24H33FIN3O2. The summed E-state index contributed by atoms with van der Waals surface area (Å²) in [6.07, 6.45) is 2.26. The van der Waals surface area contributed by atoms with Crippen LogP contribution in [0.3, 0.4) is 0 Å². The highest BCUT2D eigenvalue weighted by Gasteiger charge is 2.27. The van der Waals surface area contributed by atoms with Gasteiger partial charge in [0.2, 0.25) is 0 Å². The lowest BCUT2D eigenvalue weighted by molar-refractivity contribution is -0.0266. The number of benzene rings is 2. The molecule has 1 fully saturated rings. The van der Waals surface area contributed by atoms with Crippen LogP contribution in [0, 0.1) is 18.7 Å². The summed E-state index contributed by atoms with van der Waals surface area (Å²) in [5.74, 6) is 1.04. The molecule has 31 heavy (non-hydrogen) atoms. The smallest absolute Gasteiger partial charge is 0.193 e. The van der Waals surface area contributed by atoms with Crippen molar-refractivity contribution in [3.8, 4) is 5.75 Å². The second-order valence-electron chi connectivity index (χ2n) is 7.86. The van der Waals surface area contributed by atoms with Crippen molar-refractivity contribution in [2.75, 3.05) is 34.4 Å². The predicted molar refractivity (Wildman–Crippen MR) is 134 cm³/mol. The minimum absolute atomic E-state index is 0. The Bertz CT molecular complexity index is 860. The van der Waals surface area contributed by atoms with Gasteiger partial charge in [0.25, 0.3) is 0 Å². The number of guanidine groups is 1. The number of methoxy groups -OCH3 is 1. The summed E-state index contributed by atoms with van der Waals surface area (Å²) in [5.41, 5.74) is 3.34. The van der Waals surface area contributed by atoms with Gasteiger partial charge in [0.15, 0.2) is 17.5 Å². The molecule has 0 bridgehead atoms. The zero-order valence-corrected chi connectivity index (χ0v) is 21.1. The standard InChI is InChI=1S/C24H32FN3O2.HI/c1-17-7-10-19(11-8-17)23-20(6-5-13-30-23)15-27-24(26-2)28(3)16-18-9-12-22(29-4)21(25)14-18;/h7-12,14,20,23H,5-6,13,15-16H2,1-4H3,(H,26,27);1H. The Labute approximate surface area is 202 Å². The van der Waals surface area contributed by atoms with Gasteiger partial charge in [-0.1, -0.05) is 35.9 Å². The van der Waals surface area contributed by atoms with Crippen LogP contribution in [-0.2, 0) is 11.3 Å². The second kappa shape index (κ2) is 12.2. The zero-order chi connectivity index (χ0) is 21.5. The molecule has 0 aliphatic carbocycles. The maximum atomic E-state index is 14.0. The number of aliphatic imine (C=N–C) groups is 1. The van der Waals surface area contributed by atoms with Gasteiger partial charge < -0.3 is 19.7 Å². The Morgan fingerprint density at radius 3 is 2.65 bits per heavy atom. The first-order valence-corrected chi connectivity index (χ1v) is 10.4. The number of nitrogens with zero attached hydrogens (tertiary/aromatic N) is 2. The van der Waals surface area contributed by atoms with Gasteiger partial charge in [0.05, 0.1) is 13.2 Å². The van der Waals surface area contributed by atoms with Gasteiger partial charge in [-0.15, -0.1) is 24.0 Å². The van der Waals surface area contributed by atoms with E-state index in [0.29, 0.717) is 12.5 Å². The Balaban J connectivity index is 0.00000341. The topological polar surface area (TPSA) is 46.1 Å². The highest BCUT2D eigenvalue weighted by molar-refractivity contribution is 14.0. The Morgan fingerprint density at radius 2 is 2.00 bits per heavy atom. The van der Waals surface area contributed by atoms with Gasteiger partial charge >= 0.3 is 0 Å². The van der Waals surface area contributed by atoms with Crippen molar-refractivity contribution in [1.82, 2.24) is 10.2 Å². The third-order valence-corrected chi connectivity index (χ3v) is 5.58. The number of aryl methyl sites for hydroxylation is 1. The lowest BCUT2D eigenvalue weighted by atomic mass is 9.89. The normalized spacial score (nSPS) is 18.8. The van der Waals surface area contributed by atoms with E-state index in [1.165, 1.54) is 24.3 Å². The third-order valence-electron chi connectivity index (χ3n) is 5.58. The molecule has 0 amide bonds. The van der Waals surface area contributed by atoms with Gasteiger partial charge in [-0.05, 0) is 43.0 Å². The third kappa shape index (κ3) is 6.80. The summed E-state index contributed by atoms with van der Waals surface area (Å²) in [6, 6.07) is 13.6. The molecule has 1 heterocycles. The van der Waals surface area contributed by atoms with E-state index in [0.717, 1.165) is 37.5 Å². The molecule has 1 aliphatic heterocycles. The molecule has 0 saturated carbocycles. The number of rotatable bonds is 6. The van der Waals surface area contributed by atoms with E-state index in [-0.39, 0.29) is 41.6 Å². The molecule has 7 heteroatoms. The van der Waals surface area contributed by atoms with Crippen molar-refractivity contribution in [2.24, 2.45) is 10.9 Å². The highest BCUT2D eigenvalue weighted by atomic mass is 127.